The summed E-state index contributed by atoms with van der Waals surface area (Å²) in [5, 5.41) is 13.0. The molecule has 4 rings (SSSR count). The molecule has 0 spiro atoms. The molecule has 5 heteroatoms. The van der Waals surface area contributed by atoms with Crippen molar-refractivity contribution in [1.82, 2.24) is 0 Å². The SMILES string of the molecule is O=C(O)c1c(NC(=O)C2C3CCCCC32)sc2c1CCC2. The highest BCUT2D eigenvalue weighted by molar-refractivity contribution is 7.17. The van der Waals surface area contributed by atoms with Gasteiger partial charge in [-0.05, 0) is 49.5 Å². The van der Waals surface area contributed by atoms with Gasteiger partial charge in [0.05, 0.1) is 5.56 Å². The van der Waals surface area contributed by atoms with Gasteiger partial charge in [-0.25, -0.2) is 4.79 Å². The first-order valence-electron chi connectivity index (χ1n) is 7.85. The smallest absolute Gasteiger partial charge is 0.339 e. The van der Waals surface area contributed by atoms with E-state index < -0.39 is 5.97 Å². The van der Waals surface area contributed by atoms with E-state index in [9.17, 15) is 14.7 Å². The number of carbonyl (C=O) groups is 2. The van der Waals surface area contributed by atoms with Crippen molar-refractivity contribution < 1.29 is 14.7 Å². The van der Waals surface area contributed by atoms with Crippen LogP contribution in [0.15, 0.2) is 0 Å². The third-order valence-electron chi connectivity index (χ3n) is 5.33. The van der Waals surface area contributed by atoms with Crippen LogP contribution in [0.5, 0.6) is 0 Å². The van der Waals surface area contributed by atoms with E-state index in [2.05, 4.69) is 5.32 Å². The highest BCUT2D eigenvalue weighted by Gasteiger charge is 2.54. The number of carboxylic acids is 1. The van der Waals surface area contributed by atoms with Crippen LogP contribution in [0, 0.1) is 17.8 Å². The topological polar surface area (TPSA) is 66.4 Å². The lowest BCUT2D eigenvalue weighted by Gasteiger charge is -2.05. The molecule has 0 radical (unpaired) electrons. The Bertz CT molecular complexity index is 609. The third-order valence-corrected chi connectivity index (χ3v) is 6.54. The first kappa shape index (κ1) is 13.3. The Morgan fingerprint density at radius 2 is 1.81 bits per heavy atom. The molecule has 3 aliphatic carbocycles. The first-order valence-corrected chi connectivity index (χ1v) is 8.67. The van der Waals surface area contributed by atoms with Gasteiger partial charge in [0.15, 0.2) is 0 Å². The Labute approximate surface area is 127 Å². The Balaban J connectivity index is 1.55. The summed E-state index contributed by atoms with van der Waals surface area (Å²) >= 11 is 1.47. The van der Waals surface area contributed by atoms with Crippen LogP contribution in [0.2, 0.25) is 0 Å². The van der Waals surface area contributed by atoms with Crippen LogP contribution < -0.4 is 5.32 Å². The summed E-state index contributed by atoms with van der Waals surface area (Å²) in [5.41, 5.74) is 1.31. The second-order valence-corrected chi connectivity index (χ2v) is 7.60. The molecule has 1 heterocycles. The minimum Gasteiger partial charge on any atom is -0.478 e. The van der Waals surface area contributed by atoms with E-state index in [1.54, 1.807) is 0 Å². The number of hydrogen-bond donors (Lipinski definition) is 2. The highest BCUT2D eigenvalue weighted by Crippen LogP contribution is 2.56. The predicted molar refractivity (Wildman–Crippen MR) is 80.9 cm³/mol. The van der Waals surface area contributed by atoms with E-state index in [1.807, 2.05) is 0 Å². The molecule has 0 saturated heterocycles. The van der Waals surface area contributed by atoms with Crippen molar-refractivity contribution in [1.29, 1.82) is 0 Å². The maximum absolute atomic E-state index is 12.4. The lowest BCUT2D eigenvalue weighted by molar-refractivity contribution is -0.117. The molecule has 2 atom stereocenters. The average molecular weight is 305 g/mol. The second-order valence-electron chi connectivity index (χ2n) is 6.49. The lowest BCUT2D eigenvalue weighted by Crippen LogP contribution is -2.16. The van der Waals surface area contributed by atoms with Gasteiger partial charge >= 0.3 is 5.97 Å². The number of aromatic carboxylic acids is 1. The van der Waals surface area contributed by atoms with Gasteiger partial charge in [0.1, 0.15) is 5.00 Å². The van der Waals surface area contributed by atoms with Crippen molar-refractivity contribution in [3.63, 3.8) is 0 Å². The molecule has 112 valence electrons. The van der Waals surface area contributed by atoms with Crippen molar-refractivity contribution in [2.75, 3.05) is 5.32 Å². The minimum absolute atomic E-state index is 0.0503. The maximum atomic E-state index is 12.4. The molecular formula is C16H19NO3S. The monoisotopic (exact) mass is 305 g/mol. The quantitative estimate of drug-likeness (QED) is 0.900. The molecule has 2 N–H and O–H groups in total. The zero-order valence-corrected chi connectivity index (χ0v) is 12.7. The number of carbonyl (C=O) groups excluding carboxylic acids is 1. The summed E-state index contributed by atoms with van der Waals surface area (Å²) in [4.78, 5) is 25.1. The molecule has 1 aromatic rings. The predicted octanol–water partition coefficient (Wildman–Crippen LogP) is 3.31. The molecule has 3 aliphatic rings. The summed E-state index contributed by atoms with van der Waals surface area (Å²) in [6.45, 7) is 0. The van der Waals surface area contributed by atoms with Crippen LogP contribution >= 0.6 is 11.3 Å². The fraction of sp³-hybridized carbons (Fsp3) is 0.625. The van der Waals surface area contributed by atoms with Crippen molar-refractivity contribution >= 4 is 28.2 Å². The molecule has 2 fully saturated rings. The van der Waals surface area contributed by atoms with Gasteiger partial charge in [0.25, 0.3) is 0 Å². The van der Waals surface area contributed by atoms with Crippen molar-refractivity contribution in [3.05, 3.63) is 16.0 Å². The van der Waals surface area contributed by atoms with Gasteiger partial charge in [-0.2, -0.15) is 0 Å². The fourth-order valence-electron chi connectivity index (χ4n) is 4.30. The van der Waals surface area contributed by atoms with Crippen LogP contribution in [-0.2, 0) is 17.6 Å². The normalized spacial score (nSPS) is 29.6. The number of anilines is 1. The van der Waals surface area contributed by atoms with Gasteiger partial charge < -0.3 is 10.4 Å². The number of amides is 1. The first-order chi connectivity index (χ1) is 10.2. The number of thiophene rings is 1. The zero-order valence-electron chi connectivity index (χ0n) is 11.9. The van der Waals surface area contributed by atoms with Crippen LogP contribution in [0.25, 0.3) is 0 Å². The van der Waals surface area contributed by atoms with Gasteiger partial charge in [0.2, 0.25) is 5.91 Å². The standard InChI is InChI=1S/C16H19NO3S/c18-14(12-8-4-1-2-5-9(8)12)17-15-13(16(19)20)10-6-3-7-11(10)21-15/h8-9,12H,1-7H2,(H,17,18)(H,19,20). The molecule has 1 amide bonds. The molecule has 2 saturated carbocycles. The number of hydrogen-bond acceptors (Lipinski definition) is 3. The number of nitrogens with one attached hydrogen (secondary N) is 1. The van der Waals surface area contributed by atoms with Gasteiger partial charge in [-0.1, -0.05) is 12.8 Å². The average Bonchev–Trinajstić information content (AvgIpc) is 2.84. The Hall–Kier alpha value is -1.36. The summed E-state index contributed by atoms with van der Waals surface area (Å²) in [7, 11) is 0. The lowest BCUT2D eigenvalue weighted by atomic mass is 10.0. The van der Waals surface area contributed by atoms with E-state index in [0.717, 1.165) is 42.5 Å². The van der Waals surface area contributed by atoms with Crippen molar-refractivity contribution in [2.24, 2.45) is 17.8 Å². The number of carboxylic acid groups (broad SMARTS) is 1. The second kappa shape index (κ2) is 4.83. The molecular weight excluding hydrogens is 286 g/mol. The Kier molecular flexibility index (Phi) is 3.06. The summed E-state index contributed by atoms with van der Waals surface area (Å²) in [5.74, 6) is 0.385. The van der Waals surface area contributed by atoms with E-state index >= 15 is 0 Å². The summed E-state index contributed by atoms with van der Waals surface area (Å²) in [6.07, 6.45) is 7.60. The molecule has 1 aromatic heterocycles. The van der Waals surface area contributed by atoms with Crippen LogP contribution in [-0.4, -0.2) is 17.0 Å². The summed E-state index contributed by atoms with van der Waals surface area (Å²) in [6, 6.07) is 0. The largest absolute Gasteiger partial charge is 0.478 e. The number of rotatable bonds is 3. The van der Waals surface area contributed by atoms with Gasteiger partial charge in [-0.3, -0.25) is 4.79 Å². The highest BCUT2D eigenvalue weighted by atomic mass is 32.1. The van der Waals surface area contributed by atoms with Crippen molar-refractivity contribution in [3.8, 4) is 0 Å². The Morgan fingerprint density at radius 1 is 1.10 bits per heavy atom. The fourth-order valence-corrected chi connectivity index (χ4v) is 5.58. The molecule has 0 aromatic carbocycles. The van der Waals surface area contributed by atoms with E-state index in [-0.39, 0.29) is 11.8 Å². The molecule has 0 aliphatic heterocycles. The molecule has 0 bridgehead atoms. The zero-order chi connectivity index (χ0) is 14.6. The van der Waals surface area contributed by atoms with Crippen molar-refractivity contribution in [2.45, 2.75) is 44.9 Å². The van der Waals surface area contributed by atoms with E-state index in [4.69, 9.17) is 0 Å². The van der Waals surface area contributed by atoms with Gasteiger partial charge in [-0.15, -0.1) is 11.3 Å². The van der Waals surface area contributed by atoms with Crippen LogP contribution in [0.1, 0.15) is 52.9 Å². The third kappa shape index (κ3) is 2.09. The Morgan fingerprint density at radius 3 is 2.48 bits per heavy atom. The number of aryl methyl sites for hydroxylation is 1. The van der Waals surface area contributed by atoms with Gasteiger partial charge in [0, 0.05) is 10.8 Å². The molecule has 4 nitrogen and oxygen atoms in total. The molecule has 21 heavy (non-hydrogen) atoms. The van der Waals surface area contributed by atoms with E-state index in [0.29, 0.717) is 22.4 Å². The minimum atomic E-state index is -0.905. The number of fused-ring (bicyclic) bond motifs is 2. The molecule has 2 unspecified atom stereocenters. The van der Waals surface area contributed by atoms with E-state index in [1.165, 1.54) is 24.2 Å². The maximum Gasteiger partial charge on any atom is 0.339 e. The van der Waals surface area contributed by atoms with Crippen LogP contribution in [0.3, 0.4) is 0 Å². The summed E-state index contributed by atoms with van der Waals surface area (Å²) < 4.78 is 0. The van der Waals surface area contributed by atoms with Crippen LogP contribution in [0.4, 0.5) is 5.00 Å².